The molecule has 100 valence electrons. The van der Waals surface area contributed by atoms with Crippen molar-refractivity contribution < 1.29 is 13.2 Å². The molecule has 7 heteroatoms. The van der Waals surface area contributed by atoms with Gasteiger partial charge in [0.2, 0.25) is 0 Å². The first kappa shape index (κ1) is 13.6. The summed E-state index contributed by atoms with van der Waals surface area (Å²) in [7, 11) is 0. The lowest BCUT2D eigenvalue weighted by atomic mass is 10.0. The Balaban J connectivity index is 2.33. The minimum absolute atomic E-state index is 0.0890. The first-order chi connectivity index (χ1) is 8.37. The van der Waals surface area contributed by atoms with E-state index in [4.69, 9.17) is 5.73 Å². The fourth-order valence-corrected chi connectivity index (χ4v) is 2.76. The van der Waals surface area contributed by atoms with E-state index in [1.807, 2.05) is 0 Å². The molecule has 0 aliphatic heterocycles. The Morgan fingerprint density at radius 1 is 1.22 bits per heavy atom. The summed E-state index contributed by atoms with van der Waals surface area (Å²) >= 11 is 3.27. The van der Waals surface area contributed by atoms with E-state index in [-0.39, 0.29) is 17.6 Å². The van der Waals surface area contributed by atoms with Crippen molar-refractivity contribution in [2.45, 2.75) is 44.2 Å². The van der Waals surface area contributed by atoms with Gasteiger partial charge in [0, 0.05) is 5.92 Å². The fraction of sp³-hybridized carbons (Fsp3) is 0.636. The minimum Gasteiger partial charge on any atom is -0.383 e. The first-order valence-electron chi connectivity index (χ1n) is 5.75. The lowest BCUT2D eigenvalue weighted by Crippen LogP contribution is -2.17. The van der Waals surface area contributed by atoms with E-state index in [0.717, 1.165) is 25.7 Å². The molecule has 1 fully saturated rings. The zero-order valence-electron chi connectivity index (χ0n) is 9.60. The van der Waals surface area contributed by atoms with E-state index >= 15 is 0 Å². The predicted octanol–water partition coefficient (Wildman–Crippen LogP) is 3.58. The maximum absolute atomic E-state index is 12.3. The molecule has 0 aromatic carbocycles. The highest BCUT2D eigenvalue weighted by Crippen LogP contribution is 2.38. The van der Waals surface area contributed by atoms with Crippen molar-refractivity contribution in [1.29, 1.82) is 0 Å². The number of hydrogen-bond donors (Lipinski definition) is 1. The van der Waals surface area contributed by atoms with Crippen LogP contribution in [0.5, 0.6) is 0 Å². The van der Waals surface area contributed by atoms with Crippen LogP contribution in [0.1, 0.15) is 43.1 Å². The van der Waals surface area contributed by atoms with Gasteiger partial charge >= 0.3 is 6.18 Å². The summed E-state index contributed by atoms with van der Waals surface area (Å²) in [6.45, 7) is 0. The number of hydrogen-bond acceptors (Lipinski definition) is 3. The average Bonchev–Trinajstić information content (AvgIpc) is 2.74. The average molecular weight is 324 g/mol. The number of alkyl halides is 3. The third-order valence-electron chi connectivity index (χ3n) is 3.05. The molecule has 0 saturated heterocycles. The van der Waals surface area contributed by atoms with Crippen molar-refractivity contribution in [3.8, 4) is 0 Å². The van der Waals surface area contributed by atoms with Crippen LogP contribution in [0.15, 0.2) is 4.47 Å². The third kappa shape index (κ3) is 3.13. The van der Waals surface area contributed by atoms with Crippen molar-refractivity contribution in [2.75, 3.05) is 5.73 Å². The maximum Gasteiger partial charge on any atom is 0.396 e. The molecule has 1 aliphatic rings. The van der Waals surface area contributed by atoms with Gasteiger partial charge in [-0.25, -0.2) is 9.97 Å². The Morgan fingerprint density at radius 3 is 2.39 bits per heavy atom. The predicted molar refractivity (Wildman–Crippen MR) is 65.1 cm³/mol. The molecule has 0 amide bonds. The van der Waals surface area contributed by atoms with Gasteiger partial charge in [0.15, 0.2) is 0 Å². The first-order valence-corrected chi connectivity index (χ1v) is 6.54. The molecule has 1 aromatic rings. The molecule has 1 aromatic heterocycles. The highest BCUT2D eigenvalue weighted by molar-refractivity contribution is 9.10. The van der Waals surface area contributed by atoms with Gasteiger partial charge in [-0.05, 0) is 28.8 Å². The molecule has 0 spiro atoms. The van der Waals surface area contributed by atoms with Gasteiger partial charge < -0.3 is 5.73 Å². The summed E-state index contributed by atoms with van der Waals surface area (Å²) in [4.78, 5) is 7.73. The molecule has 0 radical (unpaired) electrons. The van der Waals surface area contributed by atoms with Gasteiger partial charge in [0.05, 0.1) is 10.2 Å². The van der Waals surface area contributed by atoms with Crippen LogP contribution in [0.4, 0.5) is 19.0 Å². The van der Waals surface area contributed by atoms with E-state index in [0.29, 0.717) is 10.2 Å². The van der Waals surface area contributed by atoms with Crippen LogP contribution in [-0.4, -0.2) is 16.1 Å². The van der Waals surface area contributed by atoms with Crippen LogP contribution in [0.3, 0.4) is 0 Å². The Hall–Kier alpha value is -0.850. The molecular formula is C11H13BrF3N3. The van der Waals surface area contributed by atoms with Crippen molar-refractivity contribution in [2.24, 2.45) is 0 Å². The second-order valence-corrected chi connectivity index (χ2v) is 5.29. The largest absolute Gasteiger partial charge is 0.396 e. The van der Waals surface area contributed by atoms with E-state index in [2.05, 4.69) is 25.9 Å². The number of aromatic nitrogens is 2. The number of nitrogen functional groups attached to an aromatic ring is 1. The van der Waals surface area contributed by atoms with Crippen LogP contribution in [0.2, 0.25) is 0 Å². The van der Waals surface area contributed by atoms with Gasteiger partial charge in [0.25, 0.3) is 0 Å². The Bertz CT molecular complexity index is 442. The summed E-state index contributed by atoms with van der Waals surface area (Å²) in [5.74, 6) is 0.0351. The van der Waals surface area contributed by atoms with E-state index in [9.17, 15) is 13.2 Å². The zero-order valence-corrected chi connectivity index (χ0v) is 11.2. The molecule has 0 bridgehead atoms. The Morgan fingerprint density at radius 2 is 1.83 bits per heavy atom. The van der Waals surface area contributed by atoms with Crippen molar-refractivity contribution in [3.63, 3.8) is 0 Å². The molecule has 1 heterocycles. The lowest BCUT2D eigenvalue weighted by Gasteiger charge is -2.14. The van der Waals surface area contributed by atoms with Gasteiger partial charge in [-0.3, -0.25) is 0 Å². The van der Waals surface area contributed by atoms with Crippen molar-refractivity contribution in [1.82, 2.24) is 9.97 Å². The molecule has 1 saturated carbocycles. The standard InChI is InChI=1S/C11H13BrF3N3/c12-8-9(6-3-1-2-4-6)17-7(18-10(8)16)5-11(13,14)15/h6H,1-5H2,(H2,16,17,18). The SMILES string of the molecule is Nc1nc(CC(F)(F)F)nc(C2CCCC2)c1Br. The van der Waals surface area contributed by atoms with Crippen LogP contribution in [0, 0.1) is 0 Å². The monoisotopic (exact) mass is 323 g/mol. The van der Waals surface area contributed by atoms with Gasteiger partial charge in [-0.1, -0.05) is 12.8 Å². The van der Waals surface area contributed by atoms with E-state index in [1.54, 1.807) is 0 Å². The summed E-state index contributed by atoms with van der Waals surface area (Å²) in [5.41, 5.74) is 6.27. The molecule has 18 heavy (non-hydrogen) atoms. The highest BCUT2D eigenvalue weighted by Gasteiger charge is 2.31. The summed E-state index contributed by atoms with van der Waals surface area (Å²) in [6, 6.07) is 0. The normalized spacial score (nSPS) is 17.3. The number of anilines is 1. The van der Waals surface area contributed by atoms with Crippen molar-refractivity contribution >= 4 is 21.7 Å². The Kier molecular flexibility index (Phi) is 3.79. The second kappa shape index (κ2) is 5.03. The zero-order chi connectivity index (χ0) is 13.3. The molecule has 0 unspecified atom stereocenters. The lowest BCUT2D eigenvalue weighted by molar-refractivity contribution is -0.128. The van der Waals surface area contributed by atoms with Gasteiger partial charge in [-0.15, -0.1) is 0 Å². The van der Waals surface area contributed by atoms with Gasteiger partial charge in [0.1, 0.15) is 18.1 Å². The van der Waals surface area contributed by atoms with Crippen LogP contribution in [-0.2, 0) is 6.42 Å². The highest BCUT2D eigenvalue weighted by atomic mass is 79.9. The Labute approximate surface area is 111 Å². The topological polar surface area (TPSA) is 51.8 Å². The second-order valence-electron chi connectivity index (χ2n) is 4.50. The summed E-state index contributed by atoms with van der Waals surface area (Å²) in [6.07, 6.45) is -1.40. The molecule has 2 N–H and O–H groups in total. The summed E-state index contributed by atoms with van der Waals surface area (Å²) in [5, 5.41) is 0. The molecule has 1 aliphatic carbocycles. The third-order valence-corrected chi connectivity index (χ3v) is 3.86. The smallest absolute Gasteiger partial charge is 0.383 e. The van der Waals surface area contributed by atoms with Crippen LogP contribution >= 0.6 is 15.9 Å². The summed E-state index contributed by atoms with van der Waals surface area (Å²) < 4.78 is 37.6. The molecule has 3 nitrogen and oxygen atoms in total. The number of nitrogens with two attached hydrogens (primary N) is 1. The van der Waals surface area contributed by atoms with Gasteiger partial charge in [-0.2, -0.15) is 13.2 Å². The minimum atomic E-state index is -4.31. The quantitative estimate of drug-likeness (QED) is 0.905. The number of nitrogens with zero attached hydrogens (tertiary/aromatic N) is 2. The maximum atomic E-state index is 12.3. The molecular weight excluding hydrogens is 311 g/mol. The number of halogens is 4. The van der Waals surface area contributed by atoms with Crippen LogP contribution in [0.25, 0.3) is 0 Å². The van der Waals surface area contributed by atoms with E-state index < -0.39 is 12.6 Å². The van der Waals surface area contributed by atoms with Crippen LogP contribution < -0.4 is 5.73 Å². The van der Waals surface area contributed by atoms with E-state index in [1.165, 1.54) is 0 Å². The van der Waals surface area contributed by atoms with Crippen molar-refractivity contribution in [3.05, 3.63) is 16.0 Å². The molecule has 0 atom stereocenters. The fourth-order valence-electron chi connectivity index (χ4n) is 2.26. The molecule has 2 rings (SSSR count). The number of rotatable bonds is 2.